The molecule has 1 aliphatic carbocycles. The molecule has 1 N–H and O–H groups in total. The molecule has 0 spiro atoms. The van der Waals surface area contributed by atoms with Crippen LogP contribution in [0.1, 0.15) is 13.3 Å². The fourth-order valence-corrected chi connectivity index (χ4v) is 1.47. The molecule has 1 heterocycles. The van der Waals surface area contributed by atoms with Crippen molar-refractivity contribution in [2.45, 2.75) is 19.5 Å². The topological polar surface area (TPSA) is 51.2 Å². The van der Waals surface area contributed by atoms with Crippen LogP contribution in [0.4, 0.5) is 10.1 Å². The minimum absolute atomic E-state index is 0.279. The van der Waals surface area contributed by atoms with E-state index < -0.39 is 11.6 Å². The van der Waals surface area contributed by atoms with Gasteiger partial charge in [-0.1, -0.05) is 0 Å². The summed E-state index contributed by atoms with van der Waals surface area (Å²) in [6.45, 7) is 1.61. The first-order valence-corrected chi connectivity index (χ1v) is 5.01. The Bertz CT molecular complexity index is 424. The summed E-state index contributed by atoms with van der Waals surface area (Å²) >= 11 is 0. The van der Waals surface area contributed by atoms with Gasteiger partial charge < -0.3 is 10.1 Å². The van der Waals surface area contributed by atoms with E-state index >= 15 is 0 Å². The van der Waals surface area contributed by atoms with Crippen LogP contribution in [0, 0.1) is 5.41 Å². The summed E-state index contributed by atoms with van der Waals surface area (Å²) in [5, 5.41) is 2.63. The van der Waals surface area contributed by atoms with Crippen molar-refractivity contribution in [1.29, 1.82) is 0 Å². The number of alkyl halides is 1. The number of methoxy groups -OCH3 is 1. The standard InChI is InChI=1S/C11H13FN2O2/c1-11(5-9(11)12)10(15)14-7-6-13-4-3-8(7)16-2/h3-4,6,9H,5H2,1-2H3,(H,14,15)/t9-,11+/m1/s1. The largest absolute Gasteiger partial charge is 0.494 e. The molecule has 1 amide bonds. The number of halogens is 1. The number of ether oxygens (including phenoxy) is 1. The fraction of sp³-hybridized carbons (Fsp3) is 0.455. The van der Waals surface area contributed by atoms with Gasteiger partial charge in [0.15, 0.2) is 0 Å². The maximum atomic E-state index is 13.0. The molecule has 0 bridgehead atoms. The number of rotatable bonds is 3. The number of nitrogens with zero attached hydrogens (tertiary/aromatic N) is 1. The van der Waals surface area contributed by atoms with Crippen molar-refractivity contribution in [1.82, 2.24) is 4.98 Å². The number of hydrogen-bond donors (Lipinski definition) is 1. The van der Waals surface area contributed by atoms with Gasteiger partial charge in [0.25, 0.3) is 0 Å². The van der Waals surface area contributed by atoms with E-state index in [1.54, 1.807) is 19.2 Å². The van der Waals surface area contributed by atoms with Gasteiger partial charge in [-0.15, -0.1) is 0 Å². The summed E-state index contributed by atoms with van der Waals surface area (Å²) in [7, 11) is 1.50. The smallest absolute Gasteiger partial charge is 0.233 e. The van der Waals surface area contributed by atoms with Gasteiger partial charge in [0.1, 0.15) is 17.6 Å². The quantitative estimate of drug-likeness (QED) is 0.851. The van der Waals surface area contributed by atoms with Crippen LogP contribution in [-0.2, 0) is 4.79 Å². The predicted molar refractivity (Wildman–Crippen MR) is 57.0 cm³/mol. The van der Waals surface area contributed by atoms with Gasteiger partial charge in [0, 0.05) is 12.3 Å². The number of nitrogens with one attached hydrogen (secondary N) is 1. The molecule has 1 saturated carbocycles. The van der Waals surface area contributed by atoms with Gasteiger partial charge in [-0.3, -0.25) is 9.78 Å². The maximum Gasteiger partial charge on any atom is 0.233 e. The third kappa shape index (κ3) is 1.73. The lowest BCUT2D eigenvalue weighted by molar-refractivity contribution is -0.121. The van der Waals surface area contributed by atoms with Gasteiger partial charge in [-0.25, -0.2) is 4.39 Å². The summed E-state index contributed by atoms with van der Waals surface area (Å²) < 4.78 is 18.0. The van der Waals surface area contributed by atoms with Gasteiger partial charge in [0.05, 0.1) is 18.7 Å². The van der Waals surface area contributed by atoms with Crippen molar-refractivity contribution in [2.75, 3.05) is 12.4 Å². The first kappa shape index (κ1) is 10.9. The second-order valence-electron chi connectivity index (χ2n) is 4.12. The average molecular weight is 224 g/mol. The molecular formula is C11H13FN2O2. The van der Waals surface area contributed by atoms with Gasteiger partial charge >= 0.3 is 0 Å². The van der Waals surface area contributed by atoms with E-state index in [4.69, 9.17) is 4.74 Å². The van der Waals surface area contributed by atoms with E-state index in [1.165, 1.54) is 13.3 Å². The van der Waals surface area contributed by atoms with Crippen molar-refractivity contribution in [2.24, 2.45) is 5.41 Å². The van der Waals surface area contributed by atoms with Crippen LogP contribution in [0.3, 0.4) is 0 Å². The van der Waals surface area contributed by atoms with Crippen LogP contribution in [0.2, 0.25) is 0 Å². The van der Waals surface area contributed by atoms with E-state index in [1.807, 2.05) is 0 Å². The Balaban J connectivity index is 2.12. The molecule has 0 aliphatic heterocycles. The Morgan fingerprint density at radius 1 is 1.75 bits per heavy atom. The van der Waals surface area contributed by atoms with Crippen molar-refractivity contribution in [3.63, 3.8) is 0 Å². The molecule has 0 aromatic carbocycles. The lowest BCUT2D eigenvalue weighted by atomic mass is 10.1. The zero-order valence-corrected chi connectivity index (χ0v) is 9.16. The van der Waals surface area contributed by atoms with E-state index in [2.05, 4.69) is 10.3 Å². The minimum Gasteiger partial charge on any atom is -0.494 e. The third-order valence-electron chi connectivity index (χ3n) is 2.90. The molecule has 86 valence electrons. The van der Waals surface area contributed by atoms with Crippen molar-refractivity contribution in [3.05, 3.63) is 18.5 Å². The molecular weight excluding hydrogens is 211 g/mol. The van der Waals surface area contributed by atoms with Gasteiger partial charge in [-0.05, 0) is 13.3 Å². The number of amides is 1. The molecule has 0 unspecified atom stereocenters. The lowest BCUT2D eigenvalue weighted by Crippen LogP contribution is -2.24. The maximum absolute atomic E-state index is 13.0. The number of anilines is 1. The van der Waals surface area contributed by atoms with Crippen LogP contribution in [0.5, 0.6) is 5.75 Å². The van der Waals surface area contributed by atoms with Crippen molar-refractivity contribution >= 4 is 11.6 Å². The Hall–Kier alpha value is -1.65. The van der Waals surface area contributed by atoms with Crippen molar-refractivity contribution in [3.8, 4) is 5.75 Å². The molecule has 1 fully saturated rings. The summed E-state index contributed by atoms with van der Waals surface area (Å²) in [6.07, 6.45) is 2.28. The summed E-state index contributed by atoms with van der Waals surface area (Å²) in [5.74, 6) is 0.189. The first-order valence-electron chi connectivity index (χ1n) is 5.01. The summed E-state index contributed by atoms with van der Waals surface area (Å²) in [6, 6.07) is 1.64. The molecule has 1 aromatic rings. The molecule has 16 heavy (non-hydrogen) atoms. The van der Waals surface area contributed by atoms with E-state index in [0.717, 1.165) is 0 Å². The summed E-state index contributed by atoms with van der Waals surface area (Å²) in [4.78, 5) is 15.6. The number of hydrogen-bond acceptors (Lipinski definition) is 3. The molecule has 2 atom stereocenters. The normalized spacial score (nSPS) is 27.3. The number of pyridine rings is 1. The van der Waals surface area contributed by atoms with Crippen LogP contribution < -0.4 is 10.1 Å². The SMILES string of the molecule is COc1ccncc1NC(=O)[C@@]1(C)C[C@H]1F. The van der Waals surface area contributed by atoms with Crippen LogP contribution in [-0.4, -0.2) is 24.2 Å². The number of aromatic nitrogens is 1. The minimum atomic E-state index is -1.05. The highest BCUT2D eigenvalue weighted by atomic mass is 19.1. The monoisotopic (exact) mass is 224 g/mol. The molecule has 1 aliphatic rings. The highest BCUT2D eigenvalue weighted by Crippen LogP contribution is 2.49. The Kier molecular flexibility index (Phi) is 2.53. The molecule has 1 aromatic heterocycles. The van der Waals surface area contributed by atoms with E-state index in [9.17, 15) is 9.18 Å². The summed E-state index contributed by atoms with van der Waals surface area (Å²) in [5.41, 5.74) is -0.420. The second kappa shape index (κ2) is 3.73. The van der Waals surface area contributed by atoms with Crippen molar-refractivity contribution < 1.29 is 13.9 Å². The third-order valence-corrected chi connectivity index (χ3v) is 2.90. The Morgan fingerprint density at radius 2 is 2.44 bits per heavy atom. The molecule has 0 radical (unpaired) electrons. The number of carbonyl (C=O) groups excluding carboxylic acids is 1. The molecule has 5 heteroatoms. The molecule has 0 saturated heterocycles. The van der Waals surface area contributed by atoms with Gasteiger partial charge in [-0.2, -0.15) is 0 Å². The molecule has 2 rings (SSSR count). The van der Waals surface area contributed by atoms with E-state index in [-0.39, 0.29) is 12.3 Å². The first-order chi connectivity index (χ1) is 7.58. The van der Waals surface area contributed by atoms with Crippen LogP contribution >= 0.6 is 0 Å². The van der Waals surface area contributed by atoms with Crippen LogP contribution in [0.25, 0.3) is 0 Å². The fourth-order valence-electron chi connectivity index (χ4n) is 1.47. The number of carbonyl (C=O) groups is 1. The highest BCUT2D eigenvalue weighted by Gasteiger charge is 2.57. The predicted octanol–water partition coefficient (Wildman–Crippen LogP) is 1.78. The zero-order valence-electron chi connectivity index (χ0n) is 9.16. The highest BCUT2D eigenvalue weighted by molar-refractivity contribution is 5.98. The van der Waals surface area contributed by atoms with Gasteiger partial charge in [0.2, 0.25) is 5.91 Å². The lowest BCUT2D eigenvalue weighted by Gasteiger charge is -2.12. The molecule has 4 nitrogen and oxygen atoms in total. The average Bonchev–Trinajstić information content (AvgIpc) is 2.89. The second-order valence-corrected chi connectivity index (χ2v) is 4.12. The zero-order chi connectivity index (χ0) is 11.8. The Morgan fingerprint density at radius 3 is 3.00 bits per heavy atom. The van der Waals surface area contributed by atoms with E-state index in [0.29, 0.717) is 11.4 Å². The van der Waals surface area contributed by atoms with Crippen LogP contribution in [0.15, 0.2) is 18.5 Å². The Labute approximate surface area is 92.8 Å².